The number of anilines is 1. The Hall–Kier alpha value is -3.09. The minimum atomic E-state index is -0.514. The number of methoxy groups -OCH3 is 1. The number of aryl methyl sites for hydroxylation is 2. The number of rotatable bonds is 5. The molecule has 0 spiro atoms. The normalized spacial score (nSPS) is 11.0. The summed E-state index contributed by atoms with van der Waals surface area (Å²) in [4.78, 5) is 16.8. The Morgan fingerprint density at radius 3 is 2.74 bits per heavy atom. The molecule has 2 aromatic heterocycles. The Kier molecular flexibility index (Phi) is 5.30. The number of nitrogens with zero attached hydrogens (tertiary/aromatic N) is 3. The van der Waals surface area contributed by atoms with E-state index in [2.05, 4.69) is 10.4 Å². The number of hydrogen-bond acceptors (Lipinski definition) is 5. The fourth-order valence-electron chi connectivity index (χ4n) is 2.79. The van der Waals surface area contributed by atoms with Gasteiger partial charge in [0.25, 0.3) is 0 Å². The van der Waals surface area contributed by atoms with E-state index in [1.54, 1.807) is 17.9 Å². The largest absolute Gasteiger partial charge is 0.494 e. The second-order valence-electron chi connectivity index (χ2n) is 6.85. The van der Waals surface area contributed by atoms with Gasteiger partial charge < -0.3 is 9.47 Å². The highest BCUT2D eigenvalue weighted by atomic mass is 16.5. The molecule has 0 radical (unpaired) electrons. The summed E-state index contributed by atoms with van der Waals surface area (Å²) in [6, 6.07) is 9.51. The molecule has 3 aromatic rings. The van der Waals surface area contributed by atoms with Crippen LogP contribution in [0.4, 0.5) is 10.6 Å². The fraction of sp³-hybridized carbons (Fsp3) is 0.350. The van der Waals surface area contributed by atoms with Crippen molar-refractivity contribution >= 4 is 22.8 Å². The second-order valence-corrected chi connectivity index (χ2v) is 6.85. The van der Waals surface area contributed by atoms with Gasteiger partial charge in [-0.25, -0.2) is 9.78 Å². The topological polar surface area (TPSA) is 78.3 Å². The van der Waals surface area contributed by atoms with Gasteiger partial charge in [-0.05, 0) is 37.5 Å². The van der Waals surface area contributed by atoms with Crippen LogP contribution < -0.4 is 10.1 Å². The van der Waals surface area contributed by atoms with Gasteiger partial charge in [0.1, 0.15) is 17.1 Å². The van der Waals surface area contributed by atoms with Crippen LogP contribution in [0.5, 0.6) is 5.75 Å². The van der Waals surface area contributed by atoms with Gasteiger partial charge in [0.05, 0.1) is 19.4 Å². The van der Waals surface area contributed by atoms with Crippen molar-refractivity contribution in [2.75, 3.05) is 19.0 Å². The van der Waals surface area contributed by atoms with E-state index in [1.165, 1.54) is 0 Å². The first-order valence-corrected chi connectivity index (χ1v) is 8.84. The lowest BCUT2D eigenvalue weighted by molar-refractivity contribution is 0.147. The number of carbonyl (C=O) groups is 1. The molecule has 1 amide bonds. The molecule has 0 atom stereocenters. The van der Waals surface area contributed by atoms with Crippen molar-refractivity contribution < 1.29 is 14.3 Å². The average molecular weight is 368 g/mol. The minimum absolute atomic E-state index is 0.264. The van der Waals surface area contributed by atoms with Crippen LogP contribution >= 0.6 is 0 Å². The summed E-state index contributed by atoms with van der Waals surface area (Å²) in [6.07, 6.45) is -0.514. The van der Waals surface area contributed by atoms with Crippen LogP contribution in [-0.4, -0.2) is 34.6 Å². The molecule has 7 nitrogen and oxygen atoms in total. The number of carbonyl (C=O) groups excluding carboxylic acids is 1. The third kappa shape index (κ3) is 4.02. The Morgan fingerprint density at radius 1 is 1.26 bits per heavy atom. The Bertz CT molecular complexity index is 979. The Labute approximate surface area is 158 Å². The van der Waals surface area contributed by atoms with E-state index in [-0.39, 0.29) is 5.92 Å². The Morgan fingerprint density at radius 2 is 2.04 bits per heavy atom. The summed E-state index contributed by atoms with van der Waals surface area (Å²) in [5.74, 6) is 2.05. The van der Waals surface area contributed by atoms with Crippen molar-refractivity contribution in [2.24, 2.45) is 5.92 Å². The van der Waals surface area contributed by atoms with E-state index in [1.807, 2.05) is 52.0 Å². The van der Waals surface area contributed by atoms with Gasteiger partial charge in [0.2, 0.25) is 0 Å². The first-order valence-electron chi connectivity index (χ1n) is 8.84. The molecule has 0 saturated heterocycles. The zero-order valence-corrected chi connectivity index (χ0v) is 16.2. The molecular formula is C20H24N4O3. The quantitative estimate of drug-likeness (QED) is 0.728. The van der Waals surface area contributed by atoms with Crippen molar-refractivity contribution in [3.63, 3.8) is 0 Å². The lowest BCUT2D eigenvalue weighted by Gasteiger charge is -2.12. The number of benzene rings is 1. The van der Waals surface area contributed by atoms with Gasteiger partial charge in [0.15, 0.2) is 5.82 Å². The molecular weight excluding hydrogens is 344 g/mol. The molecule has 0 unspecified atom stereocenters. The number of hydrogen-bond donors (Lipinski definition) is 1. The highest BCUT2D eigenvalue weighted by Gasteiger charge is 2.15. The maximum atomic E-state index is 12.1. The molecule has 7 heteroatoms. The molecule has 1 N–H and O–H groups in total. The summed E-state index contributed by atoms with van der Waals surface area (Å²) < 4.78 is 12.3. The molecule has 0 aliphatic carbocycles. The molecule has 2 heterocycles. The number of amides is 1. The van der Waals surface area contributed by atoms with Crippen molar-refractivity contribution in [3.05, 3.63) is 41.6 Å². The highest BCUT2D eigenvalue weighted by molar-refractivity contribution is 5.88. The molecule has 0 bridgehead atoms. The number of fused-ring (bicyclic) bond motifs is 1. The van der Waals surface area contributed by atoms with Gasteiger partial charge in [0, 0.05) is 11.5 Å². The van der Waals surface area contributed by atoms with Gasteiger partial charge in [-0.1, -0.05) is 26.0 Å². The van der Waals surface area contributed by atoms with Crippen LogP contribution in [0.2, 0.25) is 0 Å². The number of ether oxygens (including phenoxy) is 2. The van der Waals surface area contributed by atoms with E-state index >= 15 is 0 Å². The first kappa shape index (κ1) is 18.7. The van der Waals surface area contributed by atoms with Gasteiger partial charge in [-0.15, -0.1) is 0 Å². The predicted molar refractivity (Wildman–Crippen MR) is 105 cm³/mol. The molecule has 27 heavy (non-hydrogen) atoms. The zero-order valence-electron chi connectivity index (χ0n) is 16.2. The summed E-state index contributed by atoms with van der Waals surface area (Å²) in [7, 11) is 1.62. The van der Waals surface area contributed by atoms with E-state index in [0.29, 0.717) is 24.0 Å². The third-order valence-corrected chi connectivity index (χ3v) is 4.04. The lowest BCUT2D eigenvalue weighted by Crippen LogP contribution is -2.19. The van der Waals surface area contributed by atoms with Crippen LogP contribution in [0.1, 0.15) is 25.1 Å². The molecule has 0 aliphatic heterocycles. The summed E-state index contributed by atoms with van der Waals surface area (Å²) in [6.45, 7) is 8.18. The average Bonchev–Trinajstić information content (AvgIpc) is 2.99. The second kappa shape index (κ2) is 7.65. The standard InChI is InChI=1S/C20H24N4O3/c1-12(2)11-27-20(25)22-18-10-14(4)23-24(18)17-9-13(3)15-7-6-8-16(26-5)19(15)21-17/h6-10,12H,11H2,1-5H3,(H,22,25). The van der Waals surface area contributed by atoms with Gasteiger partial charge in [-0.2, -0.15) is 9.78 Å². The van der Waals surface area contributed by atoms with Crippen molar-refractivity contribution in [1.29, 1.82) is 0 Å². The molecule has 3 rings (SSSR count). The summed E-state index contributed by atoms with van der Waals surface area (Å²) >= 11 is 0. The lowest BCUT2D eigenvalue weighted by atomic mass is 10.1. The van der Waals surface area contributed by atoms with Crippen molar-refractivity contribution in [2.45, 2.75) is 27.7 Å². The van der Waals surface area contributed by atoms with E-state index in [0.717, 1.165) is 22.2 Å². The first-order chi connectivity index (χ1) is 12.9. The third-order valence-electron chi connectivity index (χ3n) is 4.04. The smallest absolute Gasteiger partial charge is 0.412 e. The molecule has 0 saturated carbocycles. The van der Waals surface area contributed by atoms with Crippen LogP contribution in [-0.2, 0) is 4.74 Å². The minimum Gasteiger partial charge on any atom is -0.494 e. The molecule has 0 fully saturated rings. The maximum absolute atomic E-state index is 12.1. The number of pyridine rings is 1. The zero-order chi connectivity index (χ0) is 19.6. The van der Waals surface area contributed by atoms with Gasteiger partial charge >= 0.3 is 6.09 Å². The molecule has 1 aromatic carbocycles. The Balaban J connectivity index is 2.01. The van der Waals surface area contributed by atoms with E-state index < -0.39 is 6.09 Å². The van der Waals surface area contributed by atoms with E-state index in [4.69, 9.17) is 14.5 Å². The summed E-state index contributed by atoms with van der Waals surface area (Å²) in [5, 5.41) is 8.23. The van der Waals surface area contributed by atoms with Crippen molar-refractivity contribution in [1.82, 2.24) is 14.8 Å². The maximum Gasteiger partial charge on any atom is 0.412 e. The molecule has 142 valence electrons. The van der Waals surface area contributed by atoms with Crippen LogP contribution in [0.25, 0.3) is 16.7 Å². The number of para-hydroxylation sites is 1. The predicted octanol–water partition coefficient (Wildman–Crippen LogP) is 4.25. The van der Waals surface area contributed by atoms with E-state index in [9.17, 15) is 4.79 Å². The van der Waals surface area contributed by atoms with Crippen LogP contribution in [0, 0.1) is 19.8 Å². The summed E-state index contributed by atoms with van der Waals surface area (Å²) in [5.41, 5.74) is 2.54. The van der Waals surface area contributed by atoms with Crippen LogP contribution in [0.3, 0.4) is 0 Å². The van der Waals surface area contributed by atoms with Gasteiger partial charge in [-0.3, -0.25) is 5.32 Å². The fourth-order valence-corrected chi connectivity index (χ4v) is 2.79. The van der Waals surface area contributed by atoms with Crippen molar-refractivity contribution in [3.8, 4) is 11.6 Å². The van der Waals surface area contributed by atoms with Crippen LogP contribution in [0.15, 0.2) is 30.3 Å². The number of aromatic nitrogens is 3. The highest BCUT2D eigenvalue weighted by Crippen LogP contribution is 2.28. The molecule has 0 aliphatic rings. The monoisotopic (exact) mass is 368 g/mol. The number of nitrogens with one attached hydrogen (secondary N) is 1. The SMILES string of the molecule is COc1cccc2c(C)cc(-n3nc(C)cc3NC(=O)OCC(C)C)nc12.